The Labute approximate surface area is 169 Å². The number of amides is 4. The summed E-state index contributed by atoms with van der Waals surface area (Å²) < 4.78 is 13.7. The Morgan fingerprint density at radius 1 is 1.17 bits per heavy atom. The molecule has 0 saturated carbocycles. The number of aryl methyl sites for hydroxylation is 1. The van der Waals surface area contributed by atoms with Gasteiger partial charge in [0.1, 0.15) is 17.9 Å². The minimum atomic E-state index is -1.18. The van der Waals surface area contributed by atoms with E-state index in [1.54, 1.807) is 31.2 Å². The molecule has 7 heteroatoms. The summed E-state index contributed by atoms with van der Waals surface area (Å²) in [5, 5.41) is 5.34. The highest BCUT2D eigenvalue weighted by Crippen LogP contribution is 2.34. The van der Waals surface area contributed by atoms with E-state index in [0.717, 1.165) is 17.7 Å². The molecule has 0 radical (unpaired) electrons. The first-order valence-electron chi connectivity index (χ1n) is 9.63. The number of hydrogen-bond acceptors (Lipinski definition) is 3. The lowest BCUT2D eigenvalue weighted by molar-refractivity contribution is -0.134. The number of hydrogen-bond donors (Lipinski definition) is 2. The molecule has 4 amide bonds. The van der Waals surface area contributed by atoms with Gasteiger partial charge in [-0.25, -0.2) is 9.18 Å². The smallest absolute Gasteiger partial charge is 0.324 e. The van der Waals surface area contributed by atoms with Crippen molar-refractivity contribution in [1.29, 1.82) is 0 Å². The van der Waals surface area contributed by atoms with E-state index in [-0.39, 0.29) is 5.69 Å². The Morgan fingerprint density at radius 3 is 2.55 bits per heavy atom. The maximum Gasteiger partial charge on any atom is 0.325 e. The lowest BCUT2D eigenvalue weighted by Crippen LogP contribution is -2.44. The summed E-state index contributed by atoms with van der Waals surface area (Å²) >= 11 is 0. The highest BCUT2D eigenvalue weighted by Gasteiger charge is 2.52. The zero-order chi connectivity index (χ0) is 21.0. The summed E-state index contributed by atoms with van der Waals surface area (Å²) in [5.41, 5.74) is 0.242. The van der Waals surface area contributed by atoms with E-state index in [1.807, 2.05) is 25.1 Å². The average molecular weight is 397 g/mol. The number of nitrogens with zero attached hydrogens (tertiary/aromatic N) is 1. The summed E-state index contributed by atoms with van der Waals surface area (Å²) in [4.78, 5) is 39.1. The van der Waals surface area contributed by atoms with Gasteiger partial charge in [0, 0.05) is 5.69 Å². The monoisotopic (exact) mass is 397 g/mol. The first-order chi connectivity index (χ1) is 13.9. The van der Waals surface area contributed by atoms with Gasteiger partial charge in [0.2, 0.25) is 5.91 Å². The number of urea groups is 1. The third-order valence-electron chi connectivity index (χ3n) is 5.10. The van der Waals surface area contributed by atoms with Crippen molar-refractivity contribution >= 4 is 23.5 Å². The largest absolute Gasteiger partial charge is 0.325 e. The number of carbonyl (C=O) groups is 3. The second kappa shape index (κ2) is 8.43. The molecule has 152 valence electrons. The molecule has 6 nitrogen and oxygen atoms in total. The standard InChI is InChI=1S/C22H24FN3O3/c1-3-4-12-22(16-8-6-5-7-9-16)20(28)26(21(29)25-22)14-19(27)24-17-11-10-15(2)18(23)13-17/h5-11,13H,3-4,12,14H2,1-2H3,(H,24,27)(H,25,29). The first kappa shape index (κ1) is 20.5. The van der Waals surface area contributed by atoms with Crippen LogP contribution in [-0.2, 0) is 15.1 Å². The van der Waals surface area contributed by atoms with E-state index in [1.165, 1.54) is 6.07 Å². The van der Waals surface area contributed by atoms with E-state index in [0.29, 0.717) is 17.5 Å². The lowest BCUT2D eigenvalue weighted by Gasteiger charge is -2.27. The summed E-state index contributed by atoms with van der Waals surface area (Å²) in [6.45, 7) is 3.18. The molecular formula is C22H24FN3O3. The Morgan fingerprint density at radius 2 is 1.90 bits per heavy atom. The van der Waals surface area contributed by atoms with Gasteiger partial charge < -0.3 is 10.6 Å². The molecule has 2 aromatic rings. The highest BCUT2D eigenvalue weighted by atomic mass is 19.1. The third-order valence-corrected chi connectivity index (χ3v) is 5.10. The molecule has 1 unspecified atom stereocenters. The SMILES string of the molecule is CCCCC1(c2ccccc2)NC(=O)N(CC(=O)Nc2ccc(C)c(F)c2)C1=O. The van der Waals surface area contributed by atoms with E-state index in [2.05, 4.69) is 10.6 Å². The Kier molecular flexibility index (Phi) is 5.96. The van der Waals surface area contributed by atoms with Crippen LogP contribution in [0.5, 0.6) is 0 Å². The quantitative estimate of drug-likeness (QED) is 0.699. The molecule has 1 aliphatic rings. The minimum absolute atomic E-state index is 0.269. The highest BCUT2D eigenvalue weighted by molar-refractivity contribution is 6.10. The molecular weight excluding hydrogens is 373 g/mol. The van der Waals surface area contributed by atoms with Crippen LogP contribution in [0.1, 0.15) is 37.3 Å². The third kappa shape index (κ3) is 4.13. The van der Waals surface area contributed by atoms with Gasteiger partial charge in [0.25, 0.3) is 5.91 Å². The van der Waals surface area contributed by atoms with Crippen LogP contribution in [0, 0.1) is 12.7 Å². The number of carbonyl (C=O) groups excluding carboxylic acids is 3. The van der Waals surface area contributed by atoms with Crippen LogP contribution in [0.15, 0.2) is 48.5 Å². The molecule has 1 heterocycles. The molecule has 1 fully saturated rings. The number of halogens is 1. The Hall–Kier alpha value is -3.22. The van der Waals surface area contributed by atoms with Crippen molar-refractivity contribution in [3.05, 3.63) is 65.5 Å². The van der Waals surface area contributed by atoms with Crippen molar-refractivity contribution in [2.24, 2.45) is 0 Å². The van der Waals surface area contributed by atoms with Gasteiger partial charge in [0.15, 0.2) is 0 Å². The van der Waals surface area contributed by atoms with Gasteiger partial charge in [-0.15, -0.1) is 0 Å². The second-order valence-electron chi connectivity index (χ2n) is 7.21. The van der Waals surface area contributed by atoms with Crippen molar-refractivity contribution in [3.63, 3.8) is 0 Å². The average Bonchev–Trinajstić information content (AvgIpc) is 2.95. The maximum atomic E-state index is 13.7. The molecule has 3 rings (SSSR count). The van der Waals surface area contributed by atoms with Crippen molar-refractivity contribution in [1.82, 2.24) is 10.2 Å². The molecule has 2 aromatic carbocycles. The molecule has 1 saturated heterocycles. The number of benzene rings is 2. The van der Waals surface area contributed by atoms with Crippen molar-refractivity contribution in [3.8, 4) is 0 Å². The summed E-state index contributed by atoms with van der Waals surface area (Å²) in [6.07, 6.45) is 2.04. The molecule has 0 aliphatic carbocycles. The summed E-state index contributed by atoms with van der Waals surface area (Å²) in [5.74, 6) is -1.47. The fourth-order valence-electron chi connectivity index (χ4n) is 3.46. The molecule has 0 bridgehead atoms. The Bertz CT molecular complexity index is 932. The fraction of sp³-hybridized carbons (Fsp3) is 0.318. The van der Waals surface area contributed by atoms with Gasteiger partial charge in [-0.05, 0) is 36.6 Å². The van der Waals surface area contributed by atoms with Gasteiger partial charge >= 0.3 is 6.03 Å². The van der Waals surface area contributed by atoms with Crippen LogP contribution in [0.4, 0.5) is 14.9 Å². The molecule has 1 atom stereocenters. The van der Waals surface area contributed by atoms with Crippen molar-refractivity contribution in [2.75, 3.05) is 11.9 Å². The number of anilines is 1. The van der Waals surface area contributed by atoms with E-state index < -0.39 is 35.7 Å². The van der Waals surface area contributed by atoms with Crippen LogP contribution in [-0.4, -0.2) is 29.3 Å². The van der Waals surface area contributed by atoms with Gasteiger partial charge in [-0.3, -0.25) is 14.5 Å². The maximum absolute atomic E-state index is 13.7. The number of imide groups is 1. The Balaban J connectivity index is 1.79. The molecule has 29 heavy (non-hydrogen) atoms. The lowest BCUT2D eigenvalue weighted by atomic mass is 9.85. The van der Waals surface area contributed by atoms with E-state index >= 15 is 0 Å². The number of unbranched alkanes of at least 4 members (excludes halogenated alkanes) is 1. The molecule has 0 aromatic heterocycles. The van der Waals surface area contributed by atoms with Crippen molar-refractivity contribution < 1.29 is 18.8 Å². The fourth-order valence-corrected chi connectivity index (χ4v) is 3.46. The normalized spacial score (nSPS) is 18.7. The van der Waals surface area contributed by atoms with Crippen LogP contribution in [0.3, 0.4) is 0 Å². The van der Waals surface area contributed by atoms with Crippen LogP contribution in [0.25, 0.3) is 0 Å². The zero-order valence-corrected chi connectivity index (χ0v) is 16.5. The van der Waals surface area contributed by atoms with Crippen molar-refractivity contribution in [2.45, 2.75) is 38.6 Å². The summed E-state index contributed by atoms with van der Waals surface area (Å²) in [7, 11) is 0. The van der Waals surface area contributed by atoms with Crippen LogP contribution >= 0.6 is 0 Å². The van der Waals surface area contributed by atoms with Crippen LogP contribution < -0.4 is 10.6 Å². The predicted octanol–water partition coefficient (Wildman–Crippen LogP) is 3.71. The van der Waals surface area contributed by atoms with Crippen LogP contribution in [0.2, 0.25) is 0 Å². The number of nitrogens with one attached hydrogen (secondary N) is 2. The minimum Gasteiger partial charge on any atom is -0.324 e. The predicted molar refractivity (Wildman–Crippen MR) is 108 cm³/mol. The van der Waals surface area contributed by atoms with Gasteiger partial charge in [0.05, 0.1) is 0 Å². The summed E-state index contributed by atoms with van der Waals surface area (Å²) in [6, 6.07) is 12.8. The molecule has 1 aliphatic heterocycles. The van der Waals surface area contributed by atoms with E-state index in [9.17, 15) is 18.8 Å². The number of rotatable bonds is 7. The van der Waals surface area contributed by atoms with Gasteiger partial charge in [-0.2, -0.15) is 0 Å². The topological polar surface area (TPSA) is 78.5 Å². The first-order valence-corrected chi connectivity index (χ1v) is 9.63. The molecule has 0 spiro atoms. The zero-order valence-electron chi connectivity index (χ0n) is 16.5. The van der Waals surface area contributed by atoms with E-state index in [4.69, 9.17) is 0 Å². The van der Waals surface area contributed by atoms with Gasteiger partial charge in [-0.1, -0.05) is 56.2 Å². The molecule has 2 N–H and O–H groups in total. The second-order valence-corrected chi connectivity index (χ2v) is 7.21.